The van der Waals surface area contributed by atoms with E-state index in [9.17, 15) is 53.9 Å². The van der Waals surface area contributed by atoms with Crippen molar-refractivity contribution in [3.05, 3.63) is 151 Å². The van der Waals surface area contributed by atoms with Crippen molar-refractivity contribution in [3.63, 3.8) is 0 Å². The Labute approximate surface area is 551 Å². The fourth-order valence-electron chi connectivity index (χ4n) is 8.68. The van der Waals surface area contributed by atoms with E-state index in [1.807, 2.05) is 60.7 Å². The number of aliphatic carboxylic acids is 2. The van der Waals surface area contributed by atoms with E-state index in [0.29, 0.717) is 83.3 Å². The summed E-state index contributed by atoms with van der Waals surface area (Å²) in [6.07, 6.45) is -7.59. The fraction of sp³-hybridized carbons (Fsp3) is 0.364. The van der Waals surface area contributed by atoms with Gasteiger partial charge in [-0.1, -0.05) is 87.6 Å². The molecular formula is C55H52Cl5F9N15O6PS. The summed E-state index contributed by atoms with van der Waals surface area (Å²) in [6, 6.07) is 28.1. The van der Waals surface area contributed by atoms with Crippen LogP contribution < -0.4 is 25.5 Å². The summed E-state index contributed by atoms with van der Waals surface area (Å²) < 4.78 is 117. The summed E-state index contributed by atoms with van der Waals surface area (Å²) in [4.78, 5) is 57.3. The zero-order chi connectivity index (χ0) is 67.1. The zero-order valence-corrected chi connectivity index (χ0v) is 52.9. The van der Waals surface area contributed by atoms with Gasteiger partial charge in [-0.25, -0.2) is 34.7 Å². The van der Waals surface area contributed by atoms with Crippen molar-refractivity contribution in [2.45, 2.75) is 101 Å². The molecule has 4 aromatic heterocycles. The molecule has 3 aliphatic heterocycles. The number of halogens is 14. The number of nitrogens with one attached hydrogen (secondary N) is 1. The number of para-hydroxylation sites is 1. The van der Waals surface area contributed by atoms with Crippen LogP contribution in [-0.2, 0) is 57.6 Å². The second kappa shape index (κ2) is 36.7. The van der Waals surface area contributed by atoms with E-state index in [-0.39, 0.29) is 56.5 Å². The smallest absolute Gasteiger partial charge is 0.451 e. The maximum absolute atomic E-state index is 13.0. The summed E-state index contributed by atoms with van der Waals surface area (Å²) in [7, 11) is 0.389. The summed E-state index contributed by atoms with van der Waals surface area (Å²) in [5, 5.41) is 43.8. The molecule has 21 nitrogen and oxygen atoms in total. The average Bonchev–Trinajstić information content (AvgIpc) is 1.50. The van der Waals surface area contributed by atoms with Gasteiger partial charge in [-0.2, -0.15) is 50.0 Å². The first-order valence-electron chi connectivity index (χ1n) is 26.8. The van der Waals surface area contributed by atoms with E-state index in [0.717, 1.165) is 54.5 Å². The third-order valence-electron chi connectivity index (χ3n) is 12.8. The molecule has 5 N–H and O–H groups in total. The molecule has 0 unspecified atom stereocenters. The molecule has 3 atom stereocenters. The number of nitrogens with zero attached hydrogens (tertiary/aromatic N) is 13. The van der Waals surface area contributed by atoms with Crippen LogP contribution >= 0.6 is 66.4 Å². The molecule has 0 bridgehead atoms. The van der Waals surface area contributed by atoms with Crippen LogP contribution in [0.4, 0.5) is 51.1 Å². The number of nitrogens with two attached hydrogens (primary N) is 1. The van der Waals surface area contributed by atoms with Crippen LogP contribution in [0.3, 0.4) is 0 Å². The molecule has 0 spiro atoms. The number of ketones is 1. The van der Waals surface area contributed by atoms with Gasteiger partial charge in [0.2, 0.25) is 25.1 Å². The number of rotatable bonds is 13. The minimum Gasteiger partial charge on any atom is -0.480 e. The number of carboxylic acid groups (broad SMARTS) is 2. The average molecular weight is 1430 g/mol. The summed E-state index contributed by atoms with van der Waals surface area (Å²) >= 11 is 26.4. The lowest BCUT2D eigenvalue weighted by molar-refractivity contribution is -0.145. The third-order valence-corrected chi connectivity index (χ3v) is 14.0. The maximum atomic E-state index is 13.0. The molecule has 3 fully saturated rings. The molecule has 0 saturated carbocycles. The molecule has 7 heterocycles. The number of carbonyl (C=O) groups excluding carboxylic acids is 1. The Morgan fingerprint density at radius 3 is 1.53 bits per heavy atom. The molecule has 0 aliphatic carbocycles. The highest BCUT2D eigenvalue weighted by atomic mass is 35.5. The Morgan fingerprint density at radius 2 is 1.11 bits per heavy atom. The van der Waals surface area contributed by atoms with Gasteiger partial charge in [-0.3, -0.25) is 9.59 Å². The van der Waals surface area contributed by atoms with Gasteiger partial charge < -0.3 is 35.7 Å². The number of aryl methyl sites for hydroxylation is 1. The predicted octanol–water partition coefficient (Wildman–Crippen LogP) is 12.1. The number of carboxylic acids is 2. The Balaban J connectivity index is 0.000000249. The van der Waals surface area contributed by atoms with Crippen LogP contribution in [0.25, 0.3) is 11.0 Å². The van der Waals surface area contributed by atoms with Gasteiger partial charge >= 0.3 is 30.5 Å². The standard InChI is InChI=1S/C20H18ClF3N4O.C10H9ClF3N3O2.C9H10N2.C6H4N3OPS.C5HCl2F3N2.C5H9NO2.ClH/c21-17-11-18(27-19(26-17)20(22,23)24)28-10-2-4-15(28)16(29)5-1-3-13-6-8-14(12-25)9-7-13;11-6-4-7(16-9(15-6)10(12,13)14)17-3-1-2-5(17)8(18)19;10-6-5-8-1-3-9(7-11)4-2-8;12-11-10-9-6-4-2-1-3-5(6)7-8-9;6-2-1-3(7)12-4(11-2)5(8,9)10;7-5(8)4-2-1-3-6-4;/h6-9,11,15H,1-5,10H2;4-5H,1-3H2,(H,18,19);1-4H,5-6,10H2;1-4H;1H;4,6H,1-3H2,(H,7,8);1H/t15-;5-;;;;4-;/m00...0./s1. The highest BCUT2D eigenvalue weighted by Gasteiger charge is 2.40. The lowest BCUT2D eigenvalue weighted by Gasteiger charge is -2.25. The Bertz CT molecular complexity index is 3650. The minimum atomic E-state index is -4.72. The number of benzene rings is 3. The molecule has 92 heavy (non-hydrogen) atoms. The highest BCUT2D eigenvalue weighted by Crippen LogP contribution is 2.34. The first-order chi connectivity index (χ1) is 43.0. The zero-order valence-electron chi connectivity index (χ0n) is 47.4. The number of aromatic nitrogens is 9. The molecular weight excluding hydrogens is 1380 g/mol. The first kappa shape index (κ1) is 77.0. The predicted molar refractivity (Wildman–Crippen MR) is 327 cm³/mol. The van der Waals surface area contributed by atoms with Crippen molar-refractivity contribution in [2.75, 3.05) is 36.0 Å². The van der Waals surface area contributed by atoms with Gasteiger partial charge in [0.15, 0.2) is 5.78 Å². The monoisotopic (exact) mass is 1430 g/mol. The van der Waals surface area contributed by atoms with Crippen molar-refractivity contribution in [1.82, 2.24) is 50.4 Å². The Morgan fingerprint density at radius 1 is 0.652 bits per heavy atom. The lowest BCUT2D eigenvalue weighted by Crippen LogP contribution is -2.37. The molecule has 3 saturated heterocycles. The number of alkyl halides is 9. The number of nitriles is 2. The summed E-state index contributed by atoms with van der Waals surface area (Å²) in [5.41, 5.74) is 10.5. The van der Waals surface area contributed by atoms with Gasteiger partial charge in [0.05, 0.1) is 29.3 Å². The van der Waals surface area contributed by atoms with Crippen molar-refractivity contribution < 1.29 is 68.7 Å². The van der Waals surface area contributed by atoms with Crippen molar-refractivity contribution in [2.24, 2.45) is 5.73 Å². The highest BCUT2D eigenvalue weighted by molar-refractivity contribution is 7.94. The van der Waals surface area contributed by atoms with E-state index < -0.39 is 60.0 Å². The fourth-order valence-corrected chi connectivity index (χ4v) is 9.83. The minimum absolute atomic E-state index is 0. The molecule has 3 aromatic carbocycles. The van der Waals surface area contributed by atoms with E-state index in [2.05, 4.69) is 69.5 Å². The number of hydrogen-bond acceptors (Lipinski definition) is 19. The maximum Gasteiger partial charge on any atom is 0.451 e. The topological polar surface area (TPSA) is 301 Å². The number of fused-ring (bicyclic) bond motifs is 1. The molecule has 7 aromatic rings. The van der Waals surface area contributed by atoms with Crippen molar-refractivity contribution in [1.29, 1.82) is 10.5 Å². The van der Waals surface area contributed by atoms with Gasteiger partial charge in [-0.15, -0.1) is 17.5 Å². The largest absolute Gasteiger partial charge is 0.480 e. The van der Waals surface area contributed by atoms with Gasteiger partial charge in [0.1, 0.15) is 55.4 Å². The van der Waals surface area contributed by atoms with Crippen molar-refractivity contribution in [3.8, 4) is 12.1 Å². The van der Waals surface area contributed by atoms with E-state index in [4.69, 9.17) is 77.5 Å². The molecule has 492 valence electrons. The second-order valence-electron chi connectivity index (χ2n) is 19.2. The number of Topliss-reactive ketones (excluding diaryl/α,β-unsaturated/α-hetero) is 1. The lowest BCUT2D eigenvalue weighted by atomic mass is 10.0. The number of hydrogen-bond donors (Lipinski definition) is 4. The first-order valence-corrected chi connectivity index (χ1v) is 30.1. The van der Waals surface area contributed by atoms with Crippen LogP contribution in [0.5, 0.6) is 0 Å². The van der Waals surface area contributed by atoms with Crippen LogP contribution in [0, 0.1) is 22.7 Å². The number of carbonyl (C=O) groups is 3. The SMILES string of the molecule is Cl.FC(F)(F)c1nc(Cl)cc(Cl)n1.N#Cc1ccc(CCCC(=O)[C@@H]2CCCN2c2cc(Cl)nc(C(F)(F)F)n2)cc1.N#Cc1ccc(CCN)cc1.O=C(O)[C@@H]1CCCN1.O=C(O)[C@@H]1CCCN1c1cc(Cl)nc(C(F)(F)F)n1.S=POn1nnc2ccccc21. The molecule has 37 heteroatoms. The Hall–Kier alpha value is -7.45. The van der Waals surface area contributed by atoms with Crippen LogP contribution in [-0.4, -0.2) is 117 Å². The Kier molecular flexibility index (Phi) is 30.7. The normalized spacial score (nSPS) is 15.8. The van der Waals surface area contributed by atoms with E-state index in [1.54, 1.807) is 17.0 Å². The summed E-state index contributed by atoms with van der Waals surface area (Å²) in [5.74, 6) is -5.94. The second-order valence-corrected chi connectivity index (χ2v) is 21.5. The summed E-state index contributed by atoms with van der Waals surface area (Å²) in [6.45, 7) is 2.28. The molecule has 10 rings (SSSR count). The number of anilines is 2. The van der Waals surface area contributed by atoms with Gasteiger partial charge in [0.25, 0.3) is 0 Å². The van der Waals surface area contributed by atoms with Crippen molar-refractivity contribution >= 4 is 119 Å². The van der Waals surface area contributed by atoms with E-state index >= 15 is 0 Å². The third kappa shape index (κ3) is 24.5. The van der Waals surface area contributed by atoms with Crippen LogP contribution in [0.15, 0.2) is 91.0 Å². The van der Waals surface area contributed by atoms with E-state index in [1.165, 1.54) is 21.4 Å². The van der Waals surface area contributed by atoms with Gasteiger partial charge in [-0.05, 0) is 135 Å². The quantitative estimate of drug-likeness (QED) is 0.0474. The molecule has 0 radical (unpaired) electrons. The van der Waals surface area contributed by atoms with Gasteiger partial charge in [0, 0.05) is 37.7 Å². The van der Waals surface area contributed by atoms with Crippen LogP contribution in [0.1, 0.15) is 91.1 Å². The molecule has 3 aliphatic rings. The van der Waals surface area contributed by atoms with Crippen LogP contribution in [0.2, 0.25) is 20.6 Å². The molecule has 0 amide bonds.